The maximum Gasteiger partial charge on any atom is 0.0382 e. The Morgan fingerprint density at radius 2 is 1.81 bits per heavy atom. The molecule has 0 N–H and O–H groups in total. The van der Waals surface area contributed by atoms with E-state index in [1.807, 2.05) is 22.7 Å². The van der Waals surface area contributed by atoms with Gasteiger partial charge in [0.1, 0.15) is 0 Å². The summed E-state index contributed by atoms with van der Waals surface area (Å²) >= 11 is 3.73. The second kappa shape index (κ2) is 6.91. The second-order valence-corrected chi connectivity index (χ2v) is 7.46. The molecule has 0 unspecified atom stereocenters. The second-order valence-electron chi connectivity index (χ2n) is 5.63. The lowest BCUT2D eigenvalue weighted by atomic mass is 10.1. The molecular weight excluding hydrogens is 294 g/mol. The average molecular weight is 317 g/mol. The summed E-state index contributed by atoms with van der Waals surface area (Å²) in [6.45, 7) is 9.19. The van der Waals surface area contributed by atoms with Gasteiger partial charge in [-0.1, -0.05) is 6.08 Å². The minimum atomic E-state index is 1.13. The van der Waals surface area contributed by atoms with Crippen molar-refractivity contribution in [2.75, 3.05) is 13.1 Å². The molecule has 1 fully saturated rings. The van der Waals surface area contributed by atoms with Gasteiger partial charge in [0, 0.05) is 28.4 Å². The molecule has 3 heteroatoms. The fraction of sp³-hybridized carbons (Fsp3) is 0.389. The fourth-order valence-corrected chi connectivity index (χ4v) is 4.84. The highest BCUT2D eigenvalue weighted by atomic mass is 32.1. The molecule has 1 aliphatic heterocycles. The third-order valence-electron chi connectivity index (χ3n) is 4.01. The Bertz CT molecular complexity index is 572. The normalized spacial score (nSPS) is 15.5. The molecule has 2 aromatic heterocycles. The third kappa shape index (κ3) is 3.47. The van der Waals surface area contributed by atoms with Crippen LogP contribution in [0.15, 0.2) is 29.0 Å². The zero-order valence-corrected chi connectivity index (χ0v) is 14.4. The summed E-state index contributed by atoms with van der Waals surface area (Å²) in [6, 6.07) is 4.45. The monoisotopic (exact) mass is 316 g/mol. The van der Waals surface area contributed by atoms with Gasteiger partial charge in [-0.3, -0.25) is 4.90 Å². The molecule has 1 radical (unpaired) electrons. The summed E-state index contributed by atoms with van der Waals surface area (Å²) in [5.74, 6) is 0. The van der Waals surface area contributed by atoms with E-state index in [4.69, 9.17) is 0 Å². The number of likely N-dealkylation sites (tertiary alicyclic amines) is 1. The van der Waals surface area contributed by atoms with E-state index in [2.05, 4.69) is 54.3 Å². The van der Waals surface area contributed by atoms with Crippen LogP contribution in [-0.2, 0) is 0 Å². The first-order valence-electron chi connectivity index (χ1n) is 7.62. The lowest BCUT2D eigenvalue weighted by Crippen LogP contribution is -2.16. The van der Waals surface area contributed by atoms with Crippen LogP contribution in [0.1, 0.15) is 40.1 Å². The summed E-state index contributed by atoms with van der Waals surface area (Å²) in [5, 5.41) is 4.41. The lowest BCUT2D eigenvalue weighted by Gasteiger charge is -2.13. The van der Waals surface area contributed by atoms with Gasteiger partial charge in [0.25, 0.3) is 0 Å². The first-order chi connectivity index (χ1) is 10.3. The predicted octanol–water partition coefficient (Wildman–Crippen LogP) is 5.51. The van der Waals surface area contributed by atoms with Gasteiger partial charge < -0.3 is 0 Å². The van der Waals surface area contributed by atoms with E-state index in [1.165, 1.54) is 45.8 Å². The molecule has 3 heterocycles. The first kappa shape index (κ1) is 15.0. The Labute approximate surface area is 135 Å². The predicted molar refractivity (Wildman–Crippen MR) is 94.9 cm³/mol. The van der Waals surface area contributed by atoms with Crippen molar-refractivity contribution in [3.05, 3.63) is 56.4 Å². The summed E-state index contributed by atoms with van der Waals surface area (Å²) < 4.78 is 0. The Kier molecular flexibility index (Phi) is 4.94. The van der Waals surface area contributed by atoms with Gasteiger partial charge in [0.2, 0.25) is 0 Å². The number of nitrogens with zero attached hydrogens (tertiary/aromatic N) is 1. The number of hydrogen-bond donors (Lipinski definition) is 0. The molecule has 1 aliphatic rings. The Morgan fingerprint density at radius 3 is 2.29 bits per heavy atom. The molecule has 1 nitrogen and oxygen atoms in total. The molecular formula is C18H22NS2. The van der Waals surface area contributed by atoms with Crippen LogP contribution in [0.5, 0.6) is 0 Å². The van der Waals surface area contributed by atoms with Gasteiger partial charge >= 0.3 is 0 Å². The van der Waals surface area contributed by atoms with Crippen molar-refractivity contribution in [3.63, 3.8) is 0 Å². The van der Waals surface area contributed by atoms with Crippen molar-refractivity contribution in [2.45, 2.75) is 33.1 Å². The van der Waals surface area contributed by atoms with Crippen molar-refractivity contribution in [1.29, 1.82) is 0 Å². The molecule has 0 spiro atoms. The van der Waals surface area contributed by atoms with Gasteiger partial charge in [0.05, 0.1) is 0 Å². The zero-order chi connectivity index (χ0) is 14.7. The van der Waals surface area contributed by atoms with Gasteiger partial charge in [-0.2, -0.15) is 0 Å². The lowest BCUT2D eigenvalue weighted by molar-refractivity contribution is 0.394. The Morgan fingerprint density at radius 1 is 1.14 bits per heavy atom. The van der Waals surface area contributed by atoms with E-state index < -0.39 is 0 Å². The van der Waals surface area contributed by atoms with Crippen LogP contribution in [0.3, 0.4) is 0 Å². The number of rotatable bonds is 5. The summed E-state index contributed by atoms with van der Waals surface area (Å²) in [4.78, 5) is 5.34. The van der Waals surface area contributed by atoms with E-state index in [0.717, 1.165) is 13.0 Å². The van der Waals surface area contributed by atoms with Crippen LogP contribution in [0, 0.1) is 20.4 Å². The van der Waals surface area contributed by atoms with Crippen LogP contribution in [0.2, 0.25) is 0 Å². The molecule has 1 saturated heterocycles. The summed E-state index contributed by atoms with van der Waals surface area (Å²) in [7, 11) is 0. The van der Waals surface area contributed by atoms with Crippen molar-refractivity contribution < 1.29 is 0 Å². The maximum atomic E-state index is 2.47. The van der Waals surface area contributed by atoms with Crippen LogP contribution >= 0.6 is 22.7 Å². The summed E-state index contributed by atoms with van der Waals surface area (Å²) in [6.07, 6.45) is 6.15. The molecule has 0 amide bonds. The number of thiophene rings is 2. The third-order valence-corrected chi connectivity index (χ3v) is 6.11. The Hall–Kier alpha value is -0.900. The SMILES string of the molecule is Cc1ccsc1C(=CCCN1[CH]CCC1)c1sccc1C. The first-order valence-corrected chi connectivity index (χ1v) is 9.38. The van der Waals surface area contributed by atoms with Crippen LogP contribution < -0.4 is 0 Å². The molecule has 111 valence electrons. The van der Waals surface area contributed by atoms with Crippen LogP contribution in [0.4, 0.5) is 0 Å². The average Bonchev–Trinajstić information content (AvgIpc) is 3.18. The molecule has 2 aromatic rings. The minimum Gasteiger partial charge on any atom is -0.299 e. The van der Waals surface area contributed by atoms with Crippen molar-refractivity contribution in [3.8, 4) is 0 Å². The molecule has 0 aromatic carbocycles. The summed E-state index contributed by atoms with van der Waals surface area (Å²) in [5.41, 5.74) is 4.23. The molecule has 3 rings (SSSR count). The van der Waals surface area contributed by atoms with Crippen molar-refractivity contribution >= 4 is 28.2 Å². The van der Waals surface area contributed by atoms with E-state index in [1.54, 1.807) is 0 Å². The molecule has 0 saturated carbocycles. The molecule has 0 atom stereocenters. The molecule has 21 heavy (non-hydrogen) atoms. The van der Waals surface area contributed by atoms with Crippen LogP contribution in [-0.4, -0.2) is 18.0 Å². The zero-order valence-electron chi connectivity index (χ0n) is 12.8. The van der Waals surface area contributed by atoms with E-state index in [9.17, 15) is 0 Å². The van der Waals surface area contributed by atoms with Crippen molar-refractivity contribution in [1.82, 2.24) is 4.90 Å². The smallest absolute Gasteiger partial charge is 0.0382 e. The largest absolute Gasteiger partial charge is 0.299 e. The molecule has 0 bridgehead atoms. The van der Waals surface area contributed by atoms with Crippen LogP contribution in [0.25, 0.3) is 5.57 Å². The van der Waals surface area contributed by atoms with Gasteiger partial charge in [-0.25, -0.2) is 0 Å². The fourth-order valence-electron chi connectivity index (χ4n) is 2.82. The quantitative estimate of drug-likeness (QED) is 0.703. The van der Waals surface area contributed by atoms with E-state index in [-0.39, 0.29) is 0 Å². The highest BCUT2D eigenvalue weighted by Gasteiger charge is 2.14. The van der Waals surface area contributed by atoms with E-state index >= 15 is 0 Å². The van der Waals surface area contributed by atoms with Gasteiger partial charge in [-0.15, -0.1) is 22.7 Å². The standard InChI is InChI=1S/C18H22NS2/c1-14-7-12-20-17(14)16(18-15(2)8-13-21-18)6-5-11-19-9-3-4-10-19/h6-9,12-13H,3-5,10-11H2,1-2H3. The minimum absolute atomic E-state index is 1.13. The maximum absolute atomic E-state index is 2.47. The van der Waals surface area contributed by atoms with Gasteiger partial charge in [-0.05, 0) is 73.7 Å². The van der Waals surface area contributed by atoms with Crippen molar-refractivity contribution in [2.24, 2.45) is 0 Å². The molecule has 0 aliphatic carbocycles. The topological polar surface area (TPSA) is 3.24 Å². The Balaban J connectivity index is 1.82. The van der Waals surface area contributed by atoms with Gasteiger partial charge in [0.15, 0.2) is 0 Å². The van der Waals surface area contributed by atoms with E-state index in [0.29, 0.717) is 0 Å². The highest BCUT2D eigenvalue weighted by molar-refractivity contribution is 7.14. The highest BCUT2D eigenvalue weighted by Crippen LogP contribution is 2.35. The number of aryl methyl sites for hydroxylation is 2. The number of hydrogen-bond acceptors (Lipinski definition) is 3.